The molecule has 1 aromatic carbocycles. The molecule has 1 saturated heterocycles. The Kier molecular flexibility index (Phi) is 6.06. The Morgan fingerprint density at radius 1 is 1.22 bits per heavy atom. The average molecular weight is 340 g/mol. The number of nitrogens with zero attached hydrogens (tertiary/aromatic N) is 1. The normalized spacial score (nSPS) is 16.7. The van der Waals surface area contributed by atoms with Crippen molar-refractivity contribution in [3.8, 4) is 5.75 Å². The van der Waals surface area contributed by atoms with Crippen molar-refractivity contribution < 1.29 is 13.2 Å². The van der Waals surface area contributed by atoms with Gasteiger partial charge in [-0.05, 0) is 69.5 Å². The maximum atomic E-state index is 13.3. The van der Waals surface area contributed by atoms with Gasteiger partial charge in [0.25, 0.3) is 0 Å². The van der Waals surface area contributed by atoms with Crippen LogP contribution in [0.15, 0.2) is 17.0 Å². The first kappa shape index (κ1) is 18.2. The first-order valence-electron chi connectivity index (χ1n) is 8.29. The van der Waals surface area contributed by atoms with Gasteiger partial charge in [-0.2, -0.15) is 4.31 Å². The zero-order valence-corrected chi connectivity index (χ0v) is 15.4. The number of ether oxygens (including phenoxy) is 1. The number of hydrogen-bond donors (Lipinski definition) is 1. The summed E-state index contributed by atoms with van der Waals surface area (Å²) in [4.78, 5) is 0.405. The Labute approximate surface area is 140 Å². The molecule has 0 radical (unpaired) electrons. The Hall–Kier alpha value is -1.11. The second kappa shape index (κ2) is 7.64. The van der Waals surface area contributed by atoms with Gasteiger partial charge in [-0.3, -0.25) is 0 Å². The van der Waals surface area contributed by atoms with Crippen LogP contribution in [0.5, 0.6) is 5.75 Å². The molecule has 6 heteroatoms. The Balaban J connectivity index is 2.43. The number of aryl methyl sites for hydroxylation is 2. The van der Waals surface area contributed by atoms with E-state index in [1.807, 2.05) is 26.8 Å². The second-order valence-corrected chi connectivity index (χ2v) is 8.04. The highest BCUT2D eigenvalue weighted by Gasteiger charge is 2.32. The molecule has 0 atom stereocenters. The number of rotatable bonds is 6. The van der Waals surface area contributed by atoms with Gasteiger partial charge in [-0.25, -0.2) is 8.42 Å². The summed E-state index contributed by atoms with van der Waals surface area (Å²) in [7, 11) is -1.89. The highest BCUT2D eigenvalue weighted by molar-refractivity contribution is 7.89. The Bertz CT molecular complexity index is 637. The molecule has 1 fully saturated rings. The highest BCUT2D eigenvalue weighted by atomic mass is 32.2. The molecule has 0 saturated carbocycles. The van der Waals surface area contributed by atoms with Crippen molar-refractivity contribution in [2.45, 2.75) is 51.0 Å². The third-order valence-electron chi connectivity index (χ3n) is 4.44. The summed E-state index contributed by atoms with van der Waals surface area (Å²) in [6.07, 6.45) is 2.55. The third kappa shape index (κ3) is 3.87. The third-order valence-corrected chi connectivity index (χ3v) is 6.53. The van der Waals surface area contributed by atoms with E-state index < -0.39 is 10.0 Å². The number of methoxy groups -OCH3 is 1. The molecule has 1 N–H and O–H groups in total. The first-order valence-corrected chi connectivity index (χ1v) is 9.73. The summed E-state index contributed by atoms with van der Waals surface area (Å²) in [5.74, 6) is 0.727. The molecular weight excluding hydrogens is 312 g/mol. The van der Waals surface area contributed by atoms with E-state index in [9.17, 15) is 8.42 Å². The molecule has 0 unspecified atom stereocenters. The number of hydrogen-bond acceptors (Lipinski definition) is 4. The molecule has 130 valence electrons. The number of sulfonamides is 1. The predicted octanol–water partition coefficient (Wildman–Crippen LogP) is 2.46. The van der Waals surface area contributed by atoms with Gasteiger partial charge in [-0.15, -0.1) is 0 Å². The maximum Gasteiger partial charge on any atom is 0.243 e. The van der Waals surface area contributed by atoms with Crippen molar-refractivity contribution in [3.05, 3.63) is 23.3 Å². The van der Waals surface area contributed by atoms with Crippen LogP contribution in [-0.2, 0) is 10.0 Å². The summed E-state index contributed by atoms with van der Waals surface area (Å²) >= 11 is 0. The molecule has 23 heavy (non-hydrogen) atoms. The van der Waals surface area contributed by atoms with Crippen molar-refractivity contribution in [1.82, 2.24) is 9.62 Å². The van der Waals surface area contributed by atoms with Crippen molar-refractivity contribution in [2.75, 3.05) is 26.7 Å². The number of nitrogens with one attached hydrogen (secondary N) is 1. The van der Waals surface area contributed by atoms with Crippen LogP contribution in [0.1, 0.15) is 37.3 Å². The molecule has 2 rings (SSSR count). The van der Waals surface area contributed by atoms with Gasteiger partial charge in [0.1, 0.15) is 5.75 Å². The van der Waals surface area contributed by atoms with Crippen molar-refractivity contribution in [2.24, 2.45) is 0 Å². The first-order chi connectivity index (χ1) is 10.9. The topological polar surface area (TPSA) is 58.6 Å². The molecule has 0 bridgehead atoms. The lowest BCUT2D eigenvalue weighted by molar-refractivity contribution is 0.262. The summed E-state index contributed by atoms with van der Waals surface area (Å²) in [5.41, 5.74) is 1.58. The average Bonchev–Trinajstić information content (AvgIpc) is 2.54. The van der Waals surface area contributed by atoms with Crippen LogP contribution < -0.4 is 10.1 Å². The molecular formula is C17H28N2O3S. The molecule has 0 aromatic heterocycles. The molecule has 0 spiro atoms. The van der Waals surface area contributed by atoms with Crippen LogP contribution in [0.4, 0.5) is 0 Å². The van der Waals surface area contributed by atoms with Gasteiger partial charge in [0.05, 0.1) is 12.0 Å². The van der Waals surface area contributed by atoms with E-state index in [-0.39, 0.29) is 6.04 Å². The zero-order chi connectivity index (χ0) is 17.0. The summed E-state index contributed by atoms with van der Waals surface area (Å²) in [6.45, 7) is 8.06. The minimum absolute atomic E-state index is 0.0861. The van der Waals surface area contributed by atoms with E-state index in [1.54, 1.807) is 17.5 Å². The smallest absolute Gasteiger partial charge is 0.243 e. The van der Waals surface area contributed by atoms with E-state index in [1.165, 1.54) is 0 Å². The van der Waals surface area contributed by atoms with Crippen molar-refractivity contribution in [1.29, 1.82) is 0 Å². The van der Waals surface area contributed by atoms with E-state index >= 15 is 0 Å². The quantitative estimate of drug-likeness (QED) is 0.864. The van der Waals surface area contributed by atoms with Gasteiger partial charge >= 0.3 is 0 Å². The minimum Gasteiger partial charge on any atom is -0.496 e. The maximum absolute atomic E-state index is 13.3. The molecule has 0 amide bonds. The SMILES string of the molecule is CCCN(C1CCNCC1)S(=O)(=O)c1cc(C)c(OC)cc1C. The Morgan fingerprint density at radius 3 is 2.43 bits per heavy atom. The van der Waals surface area contributed by atoms with Gasteiger partial charge in [0, 0.05) is 12.6 Å². The molecule has 0 aliphatic carbocycles. The zero-order valence-electron chi connectivity index (χ0n) is 14.6. The fourth-order valence-corrected chi connectivity index (χ4v) is 5.27. The summed E-state index contributed by atoms with van der Waals surface area (Å²) < 4.78 is 33.5. The fraction of sp³-hybridized carbons (Fsp3) is 0.647. The molecule has 1 aromatic rings. The predicted molar refractivity (Wildman–Crippen MR) is 92.5 cm³/mol. The summed E-state index contributed by atoms with van der Waals surface area (Å²) in [6, 6.07) is 3.64. The van der Waals surface area contributed by atoms with E-state index in [0.29, 0.717) is 11.4 Å². The van der Waals surface area contributed by atoms with Crippen LogP contribution >= 0.6 is 0 Å². The summed E-state index contributed by atoms with van der Waals surface area (Å²) in [5, 5.41) is 3.30. The van der Waals surface area contributed by atoms with Gasteiger partial charge < -0.3 is 10.1 Å². The van der Waals surface area contributed by atoms with E-state index in [0.717, 1.165) is 49.2 Å². The van der Waals surface area contributed by atoms with Crippen LogP contribution in [0.2, 0.25) is 0 Å². The lowest BCUT2D eigenvalue weighted by atomic mass is 10.1. The molecule has 5 nitrogen and oxygen atoms in total. The van der Waals surface area contributed by atoms with Crippen LogP contribution in [0.25, 0.3) is 0 Å². The lowest BCUT2D eigenvalue weighted by Crippen LogP contribution is -2.46. The van der Waals surface area contributed by atoms with Gasteiger partial charge in [-0.1, -0.05) is 6.92 Å². The van der Waals surface area contributed by atoms with Crippen molar-refractivity contribution in [3.63, 3.8) is 0 Å². The van der Waals surface area contributed by atoms with Crippen LogP contribution in [0.3, 0.4) is 0 Å². The van der Waals surface area contributed by atoms with E-state index in [4.69, 9.17) is 4.74 Å². The number of piperidine rings is 1. The molecule has 1 aliphatic rings. The van der Waals surface area contributed by atoms with Gasteiger partial charge in [0.15, 0.2) is 0 Å². The minimum atomic E-state index is -3.49. The Morgan fingerprint density at radius 2 is 1.87 bits per heavy atom. The highest BCUT2D eigenvalue weighted by Crippen LogP contribution is 2.30. The molecule has 1 aliphatic heterocycles. The van der Waals surface area contributed by atoms with E-state index in [2.05, 4.69) is 5.32 Å². The van der Waals surface area contributed by atoms with Gasteiger partial charge in [0.2, 0.25) is 10.0 Å². The van der Waals surface area contributed by atoms with Crippen LogP contribution in [-0.4, -0.2) is 45.5 Å². The standard InChI is InChI=1S/C17H28N2O3S/c1-5-10-19(15-6-8-18-9-7-15)23(20,21)17-12-13(2)16(22-4)11-14(17)3/h11-12,15,18H,5-10H2,1-4H3. The monoisotopic (exact) mass is 340 g/mol. The fourth-order valence-electron chi connectivity index (χ4n) is 3.20. The lowest BCUT2D eigenvalue weighted by Gasteiger charge is -2.34. The van der Waals surface area contributed by atoms with Crippen LogP contribution in [0, 0.1) is 13.8 Å². The molecule has 1 heterocycles. The second-order valence-electron chi connectivity index (χ2n) is 6.18. The van der Waals surface area contributed by atoms with Crippen molar-refractivity contribution >= 4 is 10.0 Å². The number of benzene rings is 1. The largest absolute Gasteiger partial charge is 0.496 e.